The first-order valence-electron chi connectivity index (χ1n) is 5.54. The van der Waals surface area contributed by atoms with Gasteiger partial charge in [-0.05, 0) is 12.8 Å². The van der Waals surface area contributed by atoms with Crippen molar-refractivity contribution in [1.82, 2.24) is 9.97 Å². The molecule has 1 fully saturated rings. The van der Waals surface area contributed by atoms with Gasteiger partial charge in [-0.1, -0.05) is 12.8 Å². The summed E-state index contributed by atoms with van der Waals surface area (Å²) in [4.78, 5) is 8.09. The van der Waals surface area contributed by atoms with Crippen LogP contribution in [0.25, 0.3) is 0 Å². The SMILES string of the molecule is N#Cc1cnc(N[C@@H]2CCCC[C@H]2N)cn1. The summed E-state index contributed by atoms with van der Waals surface area (Å²) in [6.07, 6.45) is 7.59. The Hall–Kier alpha value is -1.67. The van der Waals surface area contributed by atoms with Gasteiger partial charge < -0.3 is 11.1 Å². The molecule has 0 bridgehead atoms. The molecule has 0 aromatic carbocycles. The van der Waals surface area contributed by atoms with Crippen LogP contribution in [0.3, 0.4) is 0 Å². The molecule has 0 aliphatic heterocycles. The fourth-order valence-electron chi connectivity index (χ4n) is 1.99. The van der Waals surface area contributed by atoms with Gasteiger partial charge in [-0.3, -0.25) is 0 Å². The maximum Gasteiger partial charge on any atom is 0.158 e. The van der Waals surface area contributed by atoms with Crippen LogP contribution in [0.1, 0.15) is 31.4 Å². The highest BCUT2D eigenvalue weighted by Crippen LogP contribution is 2.19. The van der Waals surface area contributed by atoms with Crippen LogP contribution >= 0.6 is 0 Å². The zero-order valence-electron chi connectivity index (χ0n) is 9.06. The normalized spacial score (nSPS) is 24.8. The van der Waals surface area contributed by atoms with Crippen molar-refractivity contribution in [2.45, 2.75) is 37.8 Å². The second-order valence-corrected chi connectivity index (χ2v) is 4.10. The van der Waals surface area contributed by atoms with Crippen LogP contribution in [0.15, 0.2) is 12.4 Å². The van der Waals surface area contributed by atoms with Gasteiger partial charge >= 0.3 is 0 Å². The Morgan fingerprint density at radius 3 is 2.75 bits per heavy atom. The van der Waals surface area contributed by atoms with Crippen LogP contribution in [0.5, 0.6) is 0 Å². The molecule has 0 unspecified atom stereocenters. The third kappa shape index (κ3) is 2.47. The van der Waals surface area contributed by atoms with Crippen molar-refractivity contribution in [2.75, 3.05) is 5.32 Å². The van der Waals surface area contributed by atoms with Gasteiger partial charge in [0.25, 0.3) is 0 Å². The number of hydrogen-bond acceptors (Lipinski definition) is 5. The van der Waals surface area contributed by atoms with Gasteiger partial charge in [-0.2, -0.15) is 5.26 Å². The zero-order chi connectivity index (χ0) is 11.4. The largest absolute Gasteiger partial charge is 0.365 e. The predicted molar refractivity (Wildman–Crippen MR) is 60.6 cm³/mol. The minimum absolute atomic E-state index is 0.186. The molecule has 0 amide bonds. The van der Waals surface area contributed by atoms with Crippen LogP contribution in [0.4, 0.5) is 5.82 Å². The fraction of sp³-hybridized carbons (Fsp3) is 0.545. The first kappa shape index (κ1) is 10.8. The Morgan fingerprint density at radius 2 is 2.12 bits per heavy atom. The summed E-state index contributed by atoms with van der Waals surface area (Å²) < 4.78 is 0. The Bertz CT molecular complexity index is 380. The average molecular weight is 217 g/mol. The first-order valence-corrected chi connectivity index (χ1v) is 5.54. The molecule has 1 aliphatic rings. The fourth-order valence-corrected chi connectivity index (χ4v) is 1.99. The summed E-state index contributed by atoms with van der Waals surface area (Å²) in [5.41, 5.74) is 6.35. The third-order valence-corrected chi connectivity index (χ3v) is 2.92. The van der Waals surface area contributed by atoms with E-state index in [0.29, 0.717) is 11.5 Å². The monoisotopic (exact) mass is 217 g/mol. The van der Waals surface area contributed by atoms with E-state index in [1.165, 1.54) is 19.0 Å². The van der Waals surface area contributed by atoms with Gasteiger partial charge in [0.1, 0.15) is 11.9 Å². The highest BCUT2D eigenvalue weighted by atomic mass is 15.1. The molecule has 2 atom stereocenters. The lowest BCUT2D eigenvalue weighted by atomic mass is 9.91. The van der Waals surface area contributed by atoms with E-state index in [4.69, 9.17) is 11.0 Å². The van der Waals surface area contributed by atoms with Gasteiger partial charge in [0, 0.05) is 12.1 Å². The van der Waals surface area contributed by atoms with Crippen molar-refractivity contribution in [3.63, 3.8) is 0 Å². The molecule has 3 N–H and O–H groups in total. The van der Waals surface area contributed by atoms with Crippen molar-refractivity contribution in [1.29, 1.82) is 5.26 Å². The van der Waals surface area contributed by atoms with E-state index in [0.717, 1.165) is 12.8 Å². The van der Waals surface area contributed by atoms with Crippen LogP contribution in [-0.4, -0.2) is 22.1 Å². The number of nitrogens with zero attached hydrogens (tertiary/aromatic N) is 3. The molecule has 1 aromatic rings. The van der Waals surface area contributed by atoms with Gasteiger partial charge in [0.2, 0.25) is 0 Å². The predicted octanol–water partition coefficient (Wildman–Crippen LogP) is 1.03. The molecular formula is C11H15N5. The van der Waals surface area contributed by atoms with E-state index in [9.17, 15) is 0 Å². The van der Waals surface area contributed by atoms with Crippen molar-refractivity contribution < 1.29 is 0 Å². The minimum Gasteiger partial charge on any atom is -0.365 e. The highest BCUT2D eigenvalue weighted by Gasteiger charge is 2.21. The molecule has 2 rings (SSSR count). The topological polar surface area (TPSA) is 87.6 Å². The second-order valence-electron chi connectivity index (χ2n) is 4.10. The molecule has 0 saturated heterocycles. The summed E-state index contributed by atoms with van der Waals surface area (Å²) in [5, 5.41) is 11.9. The van der Waals surface area contributed by atoms with Gasteiger partial charge in [-0.25, -0.2) is 9.97 Å². The second kappa shape index (κ2) is 4.90. The molecule has 16 heavy (non-hydrogen) atoms. The van der Waals surface area contributed by atoms with E-state index in [1.807, 2.05) is 6.07 Å². The Kier molecular flexibility index (Phi) is 3.32. The maximum atomic E-state index is 8.60. The molecule has 5 nitrogen and oxygen atoms in total. The Balaban J connectivity index is 2.00. The smallest absolute Gasteiger partial charge is 0.158 e. The van der Waals surface area contributed by atoms with Crippen molar-refractivity contribution >= 4 is 5.82 Å². The molecule has 84 valence electrons. The van der Waals surface area contributed by atoms with E-state index >= 15 is 0 Å². The van der Waals surface area contributed by atoms with E-state index < -0.39 is 0 Å². The van der Waals surface area contributed by atoms with Crippen molar-refractivity contribution in [3.05, 3.63) is 18.1 Å². The summed E-state index contributed by atoms with van der Waals surface area (Å²) in [6, 6.07) is 2.40. The van der Waals surface area contributed by atoms with Crippen molar-refractivity contribution in [3.8, 4) is 6.07 Å². The van der Waals surface area contributed by atoms with Gasteiger partial charge in [-0.15, -0.1) is 0 Å². The molecular weight excluding hydrogens is 202 g/mol. The van der Waals surface area contributed by atoms with Crippen molar-refractivity contribution in [2.24, 2.45) is 5.73 Å². The standard InChI is InChI=1S/C11H15N5/c12-5-8-6-15-11(7-14-8)16-10-4-2-1-3-9(10)13/h6-7,9-10H,1-4,13H2,(H,15,16)/t9-,10-/m1/s1. The molecule has 0 spiro atoms. The molecule has 1 saturated carbocycles. The number of rotatable bonds is 2. The molecule has 1 aromatic heterocycles. The lowest BCUT2D eigenvalue weighted by Crippen LogP contribution is -2.42. The third-order valence-electron chi connectivity index (χ3n) is 2.92. The molecule has 1 heterocycles. The minimum atomic E-state index is 0.186. The number of nitrogens with two attached hydrogens (primary N) is 1. The van der Waals surface area contributed by atoms with E-state index in [1.54, 1.807) is 6.20 Å². The Morgan fingerprint density at radius 1 is 1.31 bits per heavy atom. The Labute approximate surface area is 94.7 Å². The lowest BCUT2D eigenvalue weighted by molar-refractivity contribution is 0.403. The number of nitrogens with one attached hydrogen (secondary N) is 1. The lowest BCUT2D eigenvalue weighted by Gasteiger charge is -2.29. The molecule has 0 radical (unpaired) electrons. The molecule has 1 aliphatic carbocycles. The highest BCUT2D eigenvalue weighted by molar-refractivity contribution is 5.35. The summed E-state index contributed by atoms with van der Waals surface area (Å²) in [7, 11) is 0. The van der Waals surface area contributed by atoms with Gasteiger partial charge in [0.05, 0.1) is 12.4 Å². The first-order chi connectivity index (χ1) is 7.79. The summed E-state index contributed by atoms with van der Waals surface area (Å²) in [5.74, 6) is 0.696. The van der Waals surface area contributed by atoms with Crippen LogP contribution in [0, 0.1) is 11.3 Å². The van der Waals surface area contributed by atoms with Crippen LogP contribution < -0.4 is 11.1 Å². The number of hydrogen-bond donors (Lipinski definition) is 2. The number of anilines is 1. The number of nitriles is 1. The van der Waals surface area contributed by atoms with Crippen LogP contribution in [0.2, 0.25) is 0 Å². The quantitative estimate of drug-likeness (QED) is 0.772. The van der Waals surface area contributed by atoms with E-state index in [-0.39, 0.29) is 12.1 Å². The van der Waals surface area contributed by atoms with Gasteiger partial charge in [0.15, 0.2) is 5.69 Å². The summed E-state index contributed by atoms with van der Waals surface area (Å²) >= 11 is 0. The maximum absolute atomic E-state index is 8.60. The zero-order valence-corrected chi connectivity index (χ0v) is 9.06. The van der Waals surface area contributed by atoms with E-state index in [2.05, 4.69) is 15.3 Å². The average Bonchev–Trinajstić information content (AvgIpc) is 2.33. The number of aromatic nitrogens is 2. The summed E-state index contributed by atoms with van der Waals surface area (Å²) in [6.45, 7) is 0. The molecule has 5 heteroatoms. The van der Waals surface area contributed by atoms with Crippen LogP contribution in [-0.2, 0) is 0 Å².